The van der Waals surface area contributed by atoms with E-state index in [1.807, 2.05) is 39.0 Å². The number of pyridine rings is 1. The van der Waals surface area contributed by atoms with E-state index >= 15 is 0 Å². The predicted molar refractivity (Wildman–Crippen MR) is 104 cm³/mol. The second-order valence-electron chi connectivity index (χ2n) is 7.75. The molecule has 27 heavy (non-hydrogen) atoms. The molecule has 0 fully saturated rings. The third-order valence-corrected chi connectivity index (χ3v) is 4.49. The molecule has 1 unspecified atom stereocenters. The third kappa shape index (κ3) is 4.27. The standard InChI is InChI=1S/C21H25N3O3/c1-21(2,3)24-20(26)16-12-14(10-11-22-16)23-19(25)15-9-8-13-6-5-7-17(27-4)18(13)15/h5-7,10-12,15H,8-9H2,1-4H3,(H,24,26)(H,22,23,25). The van der Waals surface area contributed by atoms with Gasteiger partial charge in [0.05, 0.1) is 13.0 Å². The molecule has 142 valence electrons. The van der Waals surface area contributed by atoms with Gasteiger partial charge < -0.3 is 15.4 Å². The van der Waals surface area contributed by atoms with Crippen molar-refractivity contribution in [3.05, 3.63) is 53.3 Å². The van der Waals surface area contributed by atoms with E-state index in [4.69, 9.17) is 4.74 Å². The smallest absolute Gasteiger partial charge is 0.270 e. The van der Waals surface area contributed by atoms with E-state index in [-0.39, 0.29) is 29.0 Å². The van der Waals surface area contributed by atoms with Crippen molar-refractivity contribution in [2.45, 2.75) is 45.1 Å². The van der Waals surface area contributed by atoms with Crippen LogP contribution in [0.25, 0.3) is 0 Å². The van der Waals surface area contributed by atoms with E-state index < -0.39 is 0 Å². The van der Waals surface area contributed by atoms with Gasteiger partial charge in [-0.1, -0.05) is 12.1 Å². The highest BCUT2D eigenvalue weighted by Crippen LogP contribution is 2.40. The van der Waals surface area contributed by atoms with E-state index in [9.17, 15) is 9.59 Å². The van der Waals surface area contributed by atoms with E-state index in [0.717, 1.165) is 29.7 Å². The maximum atomic E-state index is 12.9. The molecule has 1 aliphatic rings. The van der Waals surface area contributed by atoms with Crippen molar-refractivity contribution < 1.29 is 14.3 Å². The number of carbonyl (C=O) groups is 2. The van der Waals surface area contributed by atoms with Crippen molar-refractivity contribution in [1.29, 1.82) is 0 Å². The molecular weight excluding hydrogens is 342 g/mol. The Kier molecular flexibility index (Phi) is 5.17. The highest BCUT2D eigenvalue weighted by atomic mass is 16.5. The molecule has 0 bridgehead atoms. The van der Waals surface area contributed by atoms with Crippen LogP contribution in [0.4, 0.5) is 5.69 Å². The Morgan fingerprint density at radius 2 is 2.00 bits per heavy atom. The van der Waals surface area contributed by atoms with Crippen molar-refractivity contribution in [3.63, 3.8) is 0 Å². The van der Waals surface area contributed by atoms with Gasteiger partial charge in [-0.25, -0.2) is 0 Å². The molecule has 6 nitrogen and oxygen atoms in total. The van der Waals surface area contributed by atoms with E-state index in [2.05, 4.69) is 15.6 Å². The average molecular weight is 367 g/mol. The highest BCUT2D eigenvalue weighted by Gasteiger charge is 2.31. The molecule has 2 aromatic rings. The summed E-state index contributed by atoms with van der Waals surface area (Å²) in [7, 11) is 1.62. The zero-order valence-corrected chi connectivity index (χ0v) is 16.1. The number of methoxy groups -OCH3 is 1. The van der Waals surface area contributed by atoms with Crippen LogP contribution in [0.5, 0.6) is 5.75 Å². The number of fused-ring (bicyclic) bond motifs is 1. The molecule has 2 amide bonds. The van der Waals surface area contributed by atoms with Gasteiger partial charge in [0.15, 0.2) is 0 Å². The minimum atomic E-state index is -0.359. The maximum absolute atomic E-state index is 12.9. The van der Waals surface area contributed by atoms with Crippen LogP contribution in [-0.4, -0.2) is 29.4 Å². The summed E-state index contributed by atoms with van der Waals surface area (Å²) in [6.07, 6.45) is 3.11. The minimum Gasteiger partial charge on any atom is -0.496 e. The van der Waals surface area contributed by atoms with Crippen molar-refractivity contribution in [3.8, 4) is 5.75 Å². The Balaban J connectivity index is 1.77. The van der Waals surface area contributed by atoms with Crippen LogP contribution >= 0.6 is 0 Å². The van der Waals surface area contributed by atoms with Gasteiger partial charge in [-0.3, -0.25) is 14.6 Å². The molecule has 0 saturated heterocycles. The van der Waals surface area contributed by atoms with Gasteiger partial charge in [-0.15, -0.1) is 0 Å². The first kappa shape index (κ1) is 18.9. The Hall–Kier alpha value is -2.89. The molecule has 0 spiro atoms. The summed E-state index contributed by atoms with van der Waals surface area (Å²) in [6.45, 7) is 5.71. The fraction of sp³-hybridized carbons (Fsp3) is 0.381. The predicted octanol–water partition coefficient (Wildman–Crippen LogP) is 3.29. The highest BCUT2D eigenvalue weighted by molar-refractivity contribution is 5.99. The number of hydrogen-bond acceptors (Lipinski definition) is 4. The summed E-state index contributed by atoms with van der Waals surface area (Å²) in [6, 6.07) is 9.14. The average Bonchev–Trinajstić information content (AvgIpc) is 3.05. The Morgan fingerprint density at radius 3 is 2.70 bits per heavy atom. The lowest BCUT2D eigenvalue weighted by molar-refractivity contribution is -0.117. The van der Waals surface area contributed by atoms with E-state index in [0.29, 0.717) is 5.69 Å². The number of hydrogen-bond donors (Lipinski definition) is 2. The fourth-order valence-electron chi connectivity index (χ4n) is 3.35. The van der Waals surface area contributed by atoms with Gasteiger partial charge in [-0.05, 0) is 57.4 Å². The summed E-state index contributed by atoms with van der Waals surface area (Å²) in [4.78, 5) is 29.3. The summed E-state index contributed by atoms with van der Waals surface area (Å²) >= 11 is 0. The fourth-order valence-corrected chi connectivity index (χ4v) is 3.35. The largest absolute Gasteiger partial charge is 0.496 e. The normalized spacial score (nSPS) is 15.8. The first-order valence-corrected chi connectivity index (χ1v) is 9.03. The first-order valence-electron chi connectivity index (χ1n) is 9.03. The van der Waals surface area contributed by atoms with Crippen LogP contribution in [0.1, 0.15) is 54.7 Å². The van der Waals surface area contributed by atoms with Gasteiger partial charge >= 0.3 is 0 Å². The van der Waals surface area contributed by atoms with Crippen LogP contribution in [0.15, 0.2) is 36.5 Å². The number of rotatable bonds is 4. The van der Waals surface area contributed by atoms with E-state index in [1.165, 1.54) is 6.20 Å². The zero-order chi connectivity index (χ0) is 19.6. The Bertz CT molecular complexity index is 871. The number of benzene rings is 1. The second-order valence-corrected chi connectivity index (χ2v) is 7.75. The van der Waals surface area contributed by atoms with Crippen LogP contribution in [0.3, 0.4) is 0 Å². The molecule has 1 aromatic heterocycles. The molecule has 0 saturated carbocycles. The topological polar surface area (TPSA) is 80.3 Å². The van der Waals surface area contributed by atoms with Crippen LogP contribution in [0, 0.1) is 0 Å². The summed E-state index contributed by atoms with van der Waals surface area (Å²) in [5, 5.41) is 5.79. The van der Waals surface area contributed by atoms with Crippen LogP contribution in [0.2, 0.25) is 0 Å². The van der Waals surface area contributed by atoms with Gasteiger partial charge in [0, 0.05) is 23.0 Å². The molecule has 1 aromatic carbocycles. The lowest BCUT2D eigenvalue weighted by Gasteiger charge is -2.20. The number of nitrogens with zero attached hydrogens (tertiary/aromatic N) is 1. The lowest BCUT2D eigenvalue weighted by atomic mass is 9.99. The van der Waals surface area contributed by atoms with Crippen molar-refractivity contribution in [2.75, 3.05) is 12.4 Å². The van der Waals surface area contributed by atoms with Crippen molar-refractivity contribution in [1.82, 2.24) is 10.3 Å². The van der Waals surface area contributed by atoms with Crippen LogP contribution in [-0.2, 0) is 11.2 Å². The maximum Gasteiger partial charge on any atom is 0.270 e. The molecule has 0 aliphatic heterocycles. The molecule has 6 heteroatoms. The first-order chi connectivity index (χ1) is 12.8. The monoisotopic (exact) mass is 367 g/mol. The molecule has 3 rings (SSSR count). The molecular formula is C21H25N3O3. The van der Waals surface area contributed by atoms with E-state index in [1.54, 1.807) is 19.2 Å². The zero-order valence-electron chi connectivity index (χ0n) is 16.1. The van der Waals surface area contributed by atoms with Gasteiger partial charge in [0.1, 0.15) is 11.4 Å². The quantitative estimate of drug-likeness (QED) is 0.869. The number of aryl methyl sites for hydroxylation is 1. The number of ether oxygens (including phenoxy) is 1. The summed E-state index contributed by atoms with van der Waals surface area (Å²) in [5.74, 6) is 0.0967. The summed E-state index contributed by atoms with van der Waals surface area (Å²) < 4.78 is 5.44. The Morgan fingerprint density at radius 1 is 1.22 bits per heavy atom. The van der Waals surface area contributed by atoms with Crippen molar-refractivity contribution >= 4 is 17.5 Å². The minimum absolute atomic E-state index is 0.105. The van der Waals surface area contributed by atoms with Crippen LogP contribution < -0.4 is 15.4 Å². The number of nitrogens with one attached hydrogen (secondary N) is 2. The summed E-state index contributed by atoms with van der Waals surface area (Å²) in [5.41, 5.74) is 2.57. The van der Waals surface area contributed by atoms with Crippen molar-refractivity contribution in [2.24, 2.45) is 0 Å². The lowest BCUT2D eigenvalue weighted by Crippen LogP contribution is -2.40. The van der Waals surface area contributed by atoms with Gasteiger partial charge in [0.25, 0.3) is 5.91 Å². The van der Waals surface area contributed by atoms with Gasteiger partial charge in [-0.2, -0.15) is 0 Å². The number of carbonyl (C=O) groups excluding carboxylic acids is 2. The second kappa shape index (κ2) is 7.39. The van der Waals surface area contributed by atoms with Gasteiger partial charge in [0.2, 0.25) is 5.91 Å². The molecule has 1 atom stereocenters. The molecule has 0 radical (unpaired) electrons. The SMILES string of the molecule is COc1cccc2c1C(C(=O)Nc1ccnc(C(=O)NC(C)(C)C)c1)CC2. The molecule has 2 N–H and O–H groups in total. The number of anilines is 1. The third-order valence-electron chi connectivity index (χ3n) is 4.49. The number of amides is 2. The molecule has 1 heterocycles. The number of aromatic nitrogens is 1. The molecule has 1 aliphatic carbocycles. The Labute approximate surface area is 159 Å².